The lowest BCUT2D eigenvalue weighted by molar-refractivity contribution is 0.330. The number of nitrogens with one attached hydrogen (secondary N) is 1. The Morgan fingerprint density at radius 1 is 1.11 bits per heavy atom. The fourth-order valence-electron chi connectivity index (χ4n) is 2.68. The molecule has 102 valence electrons. The Hall–Kier alpha value is -0.640. The van der Waals surface area contributed by atoms with Gasteiger partial charge in [0.15, 0.2) is 0 Å². The summed E-state index contributed by atoms with van der Waals surface area (Å²) in [6.07, 6.45) is 2.78. The Balaban J connectivity index is 1.74. The molecule has 0 amide bonds. The van der Waals surface area contributed by atoms with Crippen molar-refractivity contribution in [3.63, 3.8) is 0 Å². The molecule has 0 atom stereocenters. The van der Waals surface area contributed by atoms with Gasteiger partial charge < -0.3 is 5.32 Å². The standard InChI is InChI=1S/C16H21NS2/c1-12(2)16(7-8-16)11-17-15(13-5-3-9-18-13)14-6-4-10-19-14/h3-6,9-10,12,15,17H,7-8,11H2,1-2H3. The van der Waals surface area contributed by atoms with Gasteiger partial charge in [-0.25, -0.2) is 0 Å². The lowest BCUT2D eigenvalue weighted by Gasteiger charge is -2.24. The minimum absolute atomic E-state index is 0.385. The molecule has 0 aromatic carbocycles. The summed E-state index contributed by atoms with van der Waals surface area (Å²) in [6.45, 7) is 5.87. The molecule has 2 aromatic rings. The van der Waals surface area contributed by atoms with Crippen LogP contribution >= 0.6 is 22.7 Å². The lowest BCUT2D eigenvalue weighted by atomic mass is 9.92. The van der Waals surface area contributed by atoms with Crippen LogP contribution in [0.4, 0.5) is 0 Å². The molecule has 2 heterocycles. The second kappa shape index (κ2) is 5.39. The van der Waals surface area contributed by atoms with Crippen molar-refractivity contribution in [1.82, 2.24) is 5.32 Å². The fraction of sp³-hybridized carbons (Fsp3) is 0.500. The Morgan fingerprint density at radius 3 is 2.05 bits per heavy atom. The van der Waals surface area contributed by atoms with Crippen LogP contribution in [0.2, 0.25) is 0 Å². The average molecular weight is 291 g/mol. The monoisotopic (exact) mass is 291 g/mol. The third-order valence-electron chi connectivity index (χ3n) is 4.43. The van der Waals surface area contributed by atoms with Crippen LogP contribution in [0.15, 0.2) is 35.0 Å². The summed E-state index contributed by atoms with van der Waals surface area (Å²) >= 11 is 3.71. The minimum Gasteiger partial charge on any atom is -0.304 e. The van der Waals surface area contributed by atoms with Crippen LogP contribution in [0, 0.1) is 11.3 Å². The minimum atomic E-state index is 0.385. The molecule has 1 aliphatic rings. The van der Waals surface area contributed by atoms with Gasteiger partial charge in [0, 0.05) is 16.3 Å². The summed E-state index contributed by atoms with van der Waals surface area (Å²) in [6, 6.07) is 9.18. The van der Waals surface area contributed by atoms with Gasteiger partial charge in [-0.05, 0) is 47.1 Å². The van der Waals surface area contributed by atoms with Crippen molar-refractivity contribution in [3.05, 3.63) is 44.8 Å². The van der Waals surface area contributed by atoms with Gasteiger partial charge in [-0.15, -0.1) is 22.7 Å². The molecule has 1 aliphatic carbocycles. The van der Waals surface area contributed by atoms with E-state index < -0.39 is 0 Å². The van der Waals surface area contributed by atoms with Crippen LogP contribution in [-0.4, -0.2) is 6.54 Å². The van der Waals surface area contributed by atoms with Gasteiger partial charge in [0.05, 0.1) is 6.04 Å². The molecule has 0 aliphatic heterocycles. The summed E-state index contributed by atoms with van der Waals surface area (Å²) in [5.41, 5.74) is 0.562. The molecule has 19 heavy (non-hydrogen) atoms. The first kappa shape index (κ1) is 13.3. The molecule has 2 aromatic heterocycles. The molecular formula is C16H21NS2. The van der Waals surface area contributed by atoms with E-state index in [4.69, 9.17) is 0 Å². The molecule has 3 heteroatoms. The average Bonchev–Trinajstić information content (AvgIpc) is 2.85. The van der Waals surface area contributed by atoms with Crippen LogP contribution in [0.5, 0.6) is 0 Å². The Labute approximate surface area is 123 Å². The molecule has 0 saturated heterocycles. The summed E-state index contributed by atoms with van der Waals surface area (Å²) in [5, 5.41) is 8.18. The van der Waals surface area contributed by atoms with Crippen molar-refractivity contribution in [3.8, 4) is 0 Å². The molecule has 1 N–H and O–H groups in total. The van der Waals surface area contributed by atoms with Gasteiger partial charge in [-0.1, -0.05) is 26.0 Å². The molecule has 0 bridgehead atoms. The molecule has 0 spiro atoms. The second-order valence-electron chi connectivity index (χ2n) is 5.86. The van der Waals surface area contributed by atoms with Crippen molar-refractivity contribution in [2.75, 3.05) is 6.54 Å². The van der Waals surface area contributed by atoms with E-state index in [1.54, 1.807) is 0 Å². The Bertz CT molecular complexity index is 461. The topological polar surface area (TPSA) is 12.0 Å². The van der Waals surface area contributed by atoms with Crippen molar-refractivity contribution in [2.24, 2.45) is 11.3 Å². The van der Waals surface area contributed by atoms with Gasteiger partial charge in [-0.2, -0.15) is 0 Å². The molecule has 0 unspecified atom stereocenters. The van der Waals surface area contributed by atoms with E-state index in [0.29, 0.717) is 11.5 Å². The molecule has 1 nitrogen and oxygen atoms in total. The van der Waals surface area contributed by atoms with E-state index in [2.05, 4.69) is 54.2 Å². The first-order valence-electron chi connectivity index (χ1n) is 7.01. The van der Waals surface area contributed by atoms with Crippen LogP contribution in [0.1, 0.15) is 42.5 Å². The Kier molecular flexibility index (Phi) is 3.79. The quantitative estimate of drug-likeness (QED) is 0.796. The normalized spacial score (nSPS) is 17.3. The highest BCUT2D eigenvalue weighted by Gasteiger charge is 2.45. The maximum absolute atomic E-state index is 3.83. The number of thiophene rings is 2. The predicted molar refractivity (Wildman–Crippen MR) is 85.0 cm³/mol. The summed E-state index contributed by atoms with van der Waals surface area (Å²) in [7, 11) is 0. The van der Waals surface area contributed by atoms with Crippen LogP contribution in [0.3, 0.4) is 0 Å². The highest BCUT2D eigenvalue weighted by molar-refractivity contribution is 7.11. The number of hydrogen-bond acceptors (Lipinski definition) is 3. The molecule has 3 rings (SSSR count). The van der Waals surface area contributed by atoms with E-state index in [-0.39, 0.29) is 0 Å². The molecule has 0 radical (unpaired) electrons. The predicted octanol–water partition coefficient (Wildman–Crippen LogP) is 4.92. The van der Waals surface area contributed by atoms with E-state index >= 15 is 0 Å². The second-order valence-corrected chi connectivity index (χ2v) is 7.82. The SMILES string of the molecule is CC(C)C1(CNC(c2cccs2)c2cccs2)CC1. The zero-order valence-electron chi connectivity index (χ0n) is 11.6. The lowest BCUT2D eigenvalue weighted by Crippen LogP contribution is -2.30. The highest BCUT2D eigenvalue weighted by Crippen LogP contribution is 2.51. The van der Waals surface area contributed by atoms with Gasteiger partial charge in [0.25, 0.3) is 0 Å². The van der Waals surface area contributed by atoms with Crippen molar-refractivity contribution in [1.29, 1.82) is 0 Å². The van der Waals surface area contributed by atoms with E-state index in [1.807, 2.05) is 22.7 Å². The maximum Gasteiger partial charge on any atom is 0.0765 e. The van der Waals surface area contributed by atoms with Crippen LogP contribution in [0.25, 0.3) is 0 Å². The van der Waals surface area contributed by atoms with Gasteiger partial charge in [0.1, 0.15) is 0 Å². The summed E-state index contributed by atoms with van der Waals surface area (Å²) < 4.78 is 0. The highest BCUT2D eigenvalue weighted by atomic mass is 32.1. The van der Waals surface area contributed by atoms with E-state index in [9.17, 15) is 0 Å². The maximum atomic E-state index is 3.83. The van der Waals surface area contributed by atoms with Gasteiger partial charge >= 0.3 is 0 Å². The zero-order chi connectivity index (χ0) is 13.3. The van der Waals surface area contributed by atoms with Gasteiger partial charge in [0.2, 0.25) is 0 Å². The van der Waals surface area contributed by atoms with Crippen LogP contribution in [-0.2, 0) is 0 Å². The smallest absolute Gasteiger partial charge is 0.0765 e. The number of hydrogen-bond donors (Lipinski definition) is 1. The molecular weight excluding hydrogens is 270 g/mol. The first-order valence-corrected chi connectivity index (χ1v) is 8.77. The third-order valence-corrected chi connectivity index (χ3v) is 6.30. The van der Waals surface area contributed by atoms with E-state index in [0.717, 1.165) is 12.5 Å². The molecule has 1 saturated carbocycles. The van der Waals surface area contributed by atoms with E-state index in [1.165, 1.54) is 22.6 Å². The summed E-state index contributed by atoms with van der Waals surface area (Å²) in [5.74, 6) is 0.785. The van der Waals surface area contributed by atoms with Crippen molar-refractivity contribution < 1.29 is 0 Å². The molecule has 1 fully saturated rings. The zero-order valence-corrected chi connectivity index (χ0v) is 13.2. The van der Waals surface area contributed by atoms with Crippen molar-refractivity contribution >= 4 is 22.7 Å². The van der Waals surface area contributed by atoms with Crippen molar-refractivity contribution in [2.45, 2.75) is 32.7 Å². The first-order chi connectivity index (χ1) is 9.21. The Morgan fingerprint density at radius 2 is 1.68 bits per heavy atom. The number of rotatable bonds is 6. The van der Waals surface area contributed by atoms with Gasteiger partial charge in [-0.3, -0.25) is 0 Å². The fourth-order valence-corrected chi connectivity index (χ4v) is 4.39. The summed E-state index contributed by atoms with van der Waals surface area (Å²) in [4.78, 5) is 2.86. The largest absolute Gasteiger partial charge is 0.304 e. The third kappa shape index (κ3) is 2.78. The van der Waals surface area contributed by atoms with Crippen LogP contribution < -0.4 is 5.32 Å².